The fourth-order valence-electron chi connectivity index (χ4n) is 4.60. The van der Waals surface area contributed by atoms with Crippen molar-refractivity contribution in [3.63, 3.8) is 0 Å². The van der Waals surface area contributed by atoms with Crippen LogP contribution >= 0.6 is 0 Å². The third-order valence-electron chi connectivity index (χ3n) is 6.30. The summed E-state index contributed by atoms with van der Waals surface area (Å²) in [6, 6.07) is 15.0. The van der Waals surface area contributed by atoms with Crippen molar-refractivity contribution < 1.29 is 9.80 Å². The van der Waals surface area contributed by atoms with Gasteiger partial charge in [-0.3, -0.25) is 5.32 Å². The van der Waals surface area contributed by atoms with E-state index >= 15 is 0 Å². The van der Waals surface area contributed by atoms with Gasteiger partial charge in [0.25, 0.3) is 0 Å². The molecule has 1 fully saturated rings. The summed E-state index contributed by atoms with van der Waals surface area (Å²) in [5, 5.41) is 16.0. The van der Waals surface area contributed by atoms with E-state index in [4.69, 9.17) is 4.74 Å². The third kappa shape index (κ3) is 4.82. The molecule has 0 radical (unpaired) electrons. The summed E-state index contributed by atoms with van der Waals surface area (Å²) in [5.41, 5.74) is 4.81. The molecule has 1 saturated heterocycles. The highest BCUT2D eigenvalue weighted by molar-refractivity contribution is 5.66. The lowest BCUT2D eigenvalue weighted by atomic mass is 9.98. The molecule has 2 heterocycles. The van der Waals surface area contributed by atoms with Crippen LogP contribution in [0.25, 0.3) is 11.1 Å². The van der Waals surface area contributed by atoms with Crippen molar-refractivity contribution in [2.75, 3.05) is 13.1 Å². The molecule has 4 heteroatoms. The molecule has 4 unspecified atom stereocenters. The lowest BCUT2D eigenvalue weighted by Gasteiger charge is -2.39. The molecule has 29 heavy (non-hydrogen) atoms. The third-order valence-corrected chi connectivity index (χ3v) is 6.30. The zero-order valence-electron chi connectivity index (χ0n) is 17.7. The molecular formula is C25H34N2O2. The molecular weight excluding hydrogens is 360 g/mol. The minimum Gasteiger partial charge on any atom is -0.633 e. The van der Waals surface area contributed by atoms with Crippen LogP contribution in [0, 0.1) is 11.1 Å². The van der Waals surface area contributed by atoms with E-state index < -0.39 is 0 Å². The summed E-state index contributed by atoms with van der Waals surface area (Å²) >= 11 is 0. The smallest absolute Gasteiger partial charge is 0.167 e. The standard InChI is InChI=1S/C25H34N2O2/c1-3-4-5-6-7-23-15-22-14-21(12-13-24(22)29-23)19-8-10-20(11-9-19)25-26-16-18(2)17-27(25)28/h8-14,18,23,25-27H,3-7,15-17H2,1-2H3. The van der Waals surface area contributed by atoms with Crippen molar-refractivity contribution in [3.05, 3.63) is 58.8 Å². The zero-order valence-corrected chi connectivity index (χ0v) is 17.7. The Kier molecular flexibility index (Phi) is 6.53. The highest BCUT2D eigenvalue weighted by Gasteiger charge is 2.26. The number of fused-ring (bicyclic) bond motifs is 1. The lowest BCUT2D eigenvalue weighted by Crippen LogP contribution is -3.11. The summed E-state index contributed by atoms with van der Waals surface area (Å²) in [7, 11) is 0. The average molecular weight is 395 g/mol. The number of hydrogen-bond acceptors (Lipinski definition) is 3. The van der Waals surface area contributed by atoms with Crippen LogP contribution in [0.5, 0.6) is 5.75 Å². The van der Waals surface area contributed by atoms with Gasteiger partial charge in [0.05, 0.1) is 6.54 Å². The van der Waals surface area contributed by atoms with Gasteiger partial charge in [0.1, 0.15) is 11.9 Å². The Balaban J connectivity index is 1.40. The largest absolute Gasteiger partial charge is 0.633 e. The Hall–Kier alpha value is -1.88. The summed E-state index contributed by atoms with van der Waals surface area (Å²) < 4.78 is 6.15. The van der Waals surface area contributed by atoms with Gasteiger partial charge in [0.15, 0.2) is 6.17 Å². The Morgan fingerprint density at radius 1 is 1.07 bits per heavy atom. The summed E-state index contributed by atoms with van der Waals surface area (Å²) in [6.07, 6.45) is 7.52. The van der Waals surface area contributed by atoms with Gasteiger partial charge in [-0.2, -0.15) is 0 Å². The number of ether oxygens (including phenoxy) is 1. The second-order valence-corrected chi connectivity index (χ2v) is 8.85. The molecule has 4 nitrogen and oxygen atoms in total. The minimum atomic E-state index is -0.151. The van der Waals surface area contributed by atoms with E-state index in [1.807, 2.05) is 0 Å². The normalized spacial score (nSPS) is 26.2. The van der Waals surface area contributed by atoms with E-state index in [1.165, 1.54) is 42.4 Å². The van der Waals surface area contributed by atoms with E-state index in [0.29, 0.717) is 23.6 Å². The van der Waals surface area contributed by atoms with Gasteiger partial charge in [-0.05, 0) is 41.7 Å². The SMILES string of the molecule is CCCCCCC1Cc2cc(-c3ccc(C4NCC(C)C[NH+]4[O-])cc3)ccc2O1. The number of unbranched alkanes of at least 4 members (excludes halogenated alkanes) is 3. The fourth-order valence-corrected chi connectivity index (χ4v) is 4.60. The van der Waals surface area contributed by atoms with E-state index in [9.17, 15) is 5.21 Å². The molecule has 156 valence electrons. The van der Waals surface area contributed by atoms with Crippen molar-refractivity contribution in [3.8, 4) is 16.9 Å². The second-order valence-electron chi connectivity index (χ2n) is 8.85. The molecule has 0 aromatic heterocycles. The van der Waals surface area contributed by atoms with Crippen LogP contribution < -0.4 is 15.1 Å². The lowest BCUT2D eigenvalue weighted by molar-refractivity contribution is -0.895. The van der Waals surface area contributed by atoms with Gasteiger partial charge in [-0.1, -0.05) is 63.4 Å². The summed E-state index contributed by atoms with van der Waals surface area (Å²) in [4.78, 5) is 0. The van der Waals surface area contributed by atoms with Crippen LogP contribution in [-0.2, 0) is 6.42 Å². The van der Waals surface area contributed by atoms with Gasteiger partial charge in [0.2, 0.25) is 0 Å². The number of benzene rings is 2. The first kappa shape index (κ1) is 20.4. The second kappa shape index (κ2) is 9.29. The molecule has 0 aliphatic carbocycles. The molecule has 2 aliphatic heterocycles. The molecule has 2 aliphatic rings. The van der Waals surface area contributed by atoms with Crippen molar-refractivity contribution >= 4 is 0 Å². The van der Waals surface area contributed by atoms with E-state index in [-0.39, 0.29) is 6.17 Å². The van der Waals surface area contributed by atoms with Gasteiger partial charge in [-0.15, -0.1) is 0 Å². The number of nitrogens with one attached hydrogen (secondary N) is 2. The fraction of sp³-hybridized carbons (Fsp3) is 0.520. The molecule has 2 N–H and O–H groups in total. The molecule has 2 aromatic carbocycles. The molecule has 2 aromatic rings. The van der Waals surface area contributed by atoms with Crippen LogP contribution in [0.3, 0.4) is 0 Å². The number of quaternary nitrogens is 1. The van der Waals surface area contributed by atoms with Crippen LogP contribution in [-0.4, -0.2) is 19.2 Å². The predicted octanol–water partition coefficient (Wildman–Crippen LogP) is 4.25. The Morgan fingerprint density at radius 2 is 1.86 bits per heavy atom. The van der Waals surface area contributed by atoms with Gasteiger partial charge < -0.3 is 15.0 Å². The van der Waals surface area contributed by atoms with Gasteiger partial charge in [-0.25, -0.2) is 0 Å². The maximum absolute atomic E-state index is 12.4. The van der Waals surface area contributed by atoms with Crippen LogP contribution in [0.15, 0.2) is 42.5 Å². The molecule has 0 saturated carbocycles. The van der Waals surface area contributed by atoms with E-state index in [0.717, 1.165) is 30.7 Å². The Bertz CT molecular complexity index is 805. The van der Waals surface area contributed by atoms with E-state index in [2.05, 4.69) is 61.6 Å². The van der Waals surface area contributed by atoms with Gasteiger partial charge >= 0.3 is 0 Å². The maximum Gasteiger partial charge on any atom is 0.167 e. The van der Waals surface area contributed by atoms with Crippen molar-refractivity contribution in [2.24, 2.45) is 5.92 Å². The first-order valence-electron chi connectivity index (χ1n) is 11.3. The summed E-state index contributed by atoms with van der Waals surface area (Å²) in [5.74, 6) is 1.49. The maximum atomic E-state index is 12.4. The topological polar surface area (TPSA) is 48.8 Å². The quantitative estimate of drug-likeness (QED) is 0.545. The Morgan fingerprint density at radius 3 is 2.62 bits per heavy atom. The molecule has 0 bridgehead atoms. The highest BCUT2D eigenvalue weighted by Crippen LogP contribution is 2.34. The number of rotatable bonds is 7. The zero-order chi connectivity index (χ0) is 20.2. The Labute approximate surface area is 174 Å². The van der Waals surface area contributed by atoms with Crippen LogP contribution in [0.1, 0.15) is 63.2 Å². The van der Waals surface area contributed by atoms with Gasteiger partial charge in [0, 0.05) is 24.4 Å². The summed E-state index contributed by atoms with van der Waals surface area (Å²) in [6.45, 7) is 5.95. The highest BCUT2D eigenvalue weighted by atomic mass is 16.5. The molecule has 0 amide bonds. The van der Waals surface area contributed by atoms with Crippen molar-refractivity contribution in [1.29, 1.82) is 0 Å². The number of hydroxylamine groups is 2. The molecule has 4 rings (SSSR count). The van der Waals surface area contributed by atoms with E-state index in [1.54, 1.807) is 0 Å². The number of hydrogen-bond donors (Lipinski definition) is 2. The molecule has 4 atom stereocenters. The van der Waals surface area contributed by atoms with Crippen LogP contribution in [0.2, 0.25) is 0 Å². The van der Waals surface area contributed by atoms with Crippen molar-refractivity contribution in [1.82, 2.24) is 5.32 Å². The average Bonchev–Trinajstić information content (AvgIpc) is 3.13. The monoisotopic (exact) mass is 394 g/mol. The minimum absolute atomic E-state index is 0.151. The first-order valence-corrected chi connectivity index (χ1v) is 11.3. The predicted molar refractivity (Wildman–Crippen MR) is 118 cm³/mol. The molecule has 0 spiro atoms. The van der Waals surface area contributed by atoms with Crippen molar-refractivity contribution in [2.45, 2.75) is 64.6 Å². The first-order chi connectivity index (χ1) is 14.1. The van der Waals surface area contributed by atoms with Crippen LogP contribution in [0.4, 0.5) is 0 Å².